The largest absolute Gasteiger partial charge is 0.412 e. The lowest BCUT2D eigenvalue weighted by atomic mass is 10.1. The number of anilines is 1. The van der Waals surface area contributed by atoms with Crippen LogP contribution in [-0.2, 0) is 18.6 Å². The number of aromatic nitrogens is 4. The second-order valence-corrected chi connectivity index (χ2v) is 8.12. The van der Waals surface area contributed by atoms with E-state index in [2.05, 4.69) is 25.3 Å². The number of halogens is 3. The number of hydrogen-bond acceptors (Lipinski definition) is 7. The van der Waals surface area contributed by atoms with E-state index in [9.17, 15) is 4.79 Å². The van der Waals surface area contributed by atoms with Crippen molar-refractivity contribution in [3.63, 3.8) is 0 Å². The van der Waals surface area contributed by atoms with E-state index in [1.807, 2.05) is 24.4 Å². The molecular weight excluding hydrogens is 517 g/mol. The number of thiazole rings is 1. The molecule has 0 atom stereocenters. The molecule has 0 saturated heterocycles. The Balaban J connectivity index is 0. The predicted molar refractivity (Wildman–Crippen MR) is 140 cm³/mol. The molecule has 0 aromatic carbocycles. The molecule has 3 aromatic rings. The highest BCUT2D eigenvalue weighted by molar-refractivity contribution is 7.98. The number of aromatic amines is 1. The minimum atomic E-state index is -0.120. The smallest absolute Gasteiger partial charge is 0.254 e. The predicted octanol–water partition coefficient (Wildman–Crippen LogP) is 2.74. The van der Waals surface area contributed by atoms with Gasteiger partial charge in [-0.15, -0.1) is 48.6 Å². The van der Waals surface area contributed by atoms with Crippen LogP contribution in [0.3, 0.4) is 0 Å². The molecule has 9 nitrogen and oxygen atoms in total. The Kier molecular flexibility index (Phi) is 16.0. The van der Waals surface area contributed by atoms with Crippen molar-refractivity contribution in [3.8, 4) is 0 Å². The Morgan fingerprint density at radius 2 is 2.00 bits per heavy atom. The Hall–Kier alpha value is -1.89. The molecule has 32 heavy (non-hydrogen) atoms. The van der Waals surface area contributed by atoms with Crippen LogP contribution in [0.15, 0.2) is 34.7 Å². The molecule has 7 N–H and O–H groups in total. The van der Waals surface area contributed by atoms with Gasteiger partial charge in [-0.2, -0.15) is 11.8 Å². The van der Waals surface area contributed by atoms with Crippen molar-refractivity contribution in [2.45, 2.75) is 25.5 Å². The Bertz CT molecular complexity index is 1020. The van der Waals surface area contributed by atoms with Crippen LogP contribution < -0.4 is 16.6 Å². The number of nitrogens with two attached hydrogens (primary N) is 1. The number of nitrogens with zero attached hydrogens (tertiary/aromatic N) is 3. The van der Waals surface area contributed by atoms with E-state index in [1.165, 1.54) is 11.3 Å². The first kappa shape index (κ1) is 32.3. The van der Waals surface area contributed by atoms with Crippen molar-refractivity contribution in [2.75, 3.05) is 11.1 Å². The van der Waals surface area contributed by atoms with Crippen LogP contribution in [0.4, 0.5) is 5.13 Å². The molecule has 0 aliphatic carbocycles. The van der Waals surface area contributed by atoms with Gasteiger partial charge < -0.3 is 21.5 Å². The monoisotopic (exact) mass is 541 g/mol. The third-order valence-electron chi connectivity index (χ3n) is 3.82. The fourth-order valence-electron chi connectivity index (χ4n) is 2.43. The number of H-pyrrole nitrogens is 1. The van der Waals surface area contributed by atoms with E-state index < -0.39 is 0 Å². The summed E-state index contributed by atoms with van der Waals surface area (Å²) in [5, 5.41) is 12.4. The summed E-state index contributed by atoms with van der Waals surface area (Å²) in [6.07, 6.45) is 4.63. The average molecular weight is 543 g/mol. The first-order chi connectivity index (χ1) is 13.5. The number of pyridine rings is 1. The summed E-state index contributed by atoms with van der Waals surface area (Å²) in [6.45, 7) is 1.93. The van der Waals surface area contributed by atoms with Gasteiger partial charge in [-0.3, -0.25) is 15.2 Å². The molecule has 0 fully saturated rings. The van der Waals surface area contributed by atoms with E-state index in [1.54, 1.807) is 24.2 Å². The highest BCUT2D eigenvalue weighted by atomic mass is 35.5. The zero-order chi connectivity index (χ0) is 19.9. The van der Waals surface area contributed by atoms with Crippen LogP contribution in [0.5, 0.6) is 0 Å². The molecule has 0 bridgehead atoms. The lowest BCUT2D eigenvalue weighted by molar-refractivity contribution is 0.824. The van der Waals surface area contributed by atoms with Gasteiger partial charge in [0.1, 0.15) is 5.82 Å². The van der Waals surface area contributed by atoms with E-state index in [0.717, 1.165) is 28.5 Å². The van der Waals surface area contributed by atoms with Crippen molar-refractivity contribution in [1.82, 2.24) is 19.9 Å². The molecule has 3 heterocycles. The fraction of sp³-hybridized carbons (Fsp3) is 0.278. The maximum absolute atomic E-state index is 12.3. The summed E-state index contributed by atoms with van der Waals surface area (Å²) in [6, 6.07) is 3.91. The Morgan fingerprint density at radius 3 is 2.62 bits per heavy atom. The maximum Gasteiger partial charge on any atom is 0.254 e. The van der Waals surface area contributed by atoms with Gasteiger partial charge in [0.25, 0.3) is 5.56 Å². The molecule has 14 heteroatoms. The summed E-state index contributed by atoms with van der Waals surface area (Å²) in [5.74, 6) is 2.13. The van der Waals surface area contributed by atoms with Crippen LogP contribution in [0, 0.1) is 12.3 Å². The minimum Gasteiger partial charge on any atom is -0.412 e. The van der Waals surface area contributed by atoms with E-state index in [-0.39, 0.29) is 54.2 Å². The molecule has 0 aliphatic heterocycles. The molecule has 178 valence electrons. The first-order valence-electron chi connectivity index (χ1n) is 8.61. The van der Waals surface area contributed by atoms with Gasteiger partial charge in [-0.05, 0) is 18.6 Å². The van der Waals surface area contributed by atoms with E-state index >= 15 is 0 Å². The summed E-state index contributed by atoms with van der Waals surface area (Å²) in [4.78, 5) is 28.2. The van der Waals surface area contributed by atoms with E-state index in [0.29, 0.717) is 29.4 Å². The fourth-order valence-corrected chi connectivity index (χ4v) is 4.09. The van der Waals surface area contributed by atoms with Crippen LogP contribution in [-0.4, -0.2) is 37.1 Å². The van der Waals surface area contributed by atoms with Crippen molar-refractivity contribution < 1.29 is 5.48 Å². The lowest BCUT2D eigenvalue weighted by Gasteiger charge is -2.04. The maximum atomic E-state index is 12.3. The number of aryl methyl sites for hydroxylation is 2. The number of thioether (sulfide) groups is 1. The number of hydrogen-bond donors (Lipinski definition) is 4. The highest BCUT2D eigenvalue weighted by Gasteiger charge is 2.06. The van der Waals surface area contributed by atoms with Crippen molar-refractivity contribution in [3.05, 3.63) is 68.6 Å². The molecule has 0 amide bonds. The third-order valence-corrected chi connectivity index (χ3v) is 5.62. The Labute approximate surface area is 212 Å². The number of guanidine groups is 1. The van der Waals surface area contributed by atoms with Crippen LogP contribution >= 0.6 is 60.3 Å². The molecule has 0 aliphatic rings. The Morgan fingerprint density at radius 1 is 1.25 bits per heavy atom. The molecule has 0 radical (unpaired) electrons. The summed E-state index contributed by atoms with van der Waals surface area (Å²) < 4.78 is 0. The van der Waals surface area contributed by atoms with Gasteiger partial charge in [0.15, 0.2) is 11.1 Å². The van der Waals surface area contributed by atoms with Gasteiger partial charge in [-0.25, -0.2) is 9.97 Å². The normalized spacial score (nSPS) is 9.41. The van der Waals surface area contributed by atoms with Gasteiger partial charge in [0.2, 0.25) is 0 Å². The van der Waals surface area contributed by atoms with Gasteiger partial charge >= 0.3 is 0 Å². The van der Waals surface area contributed by atoms with Crippen LogP contribution in [0.1, 0.15) is 28.3 Å². The second kappa shape index (κ2) is 15.8. The van der Waals surface area contributed by atoms with Crippen molar-refractivity contribution in [1.29, 1.82) is 5.41 Å². The average Bonchev–Trinajstić information content (AvgIpc) is 3.09. The second-order valence-electron chi connectivity index (χ2n) is 6.15. The molecule has 3 rings (SSSR count). The zero-order valence-electron chi connectivity index (χ0n) is 17.1. The zero-order valence-corrected chi connectivity index (χ0v) is 21.2. The molecule has 0 spiro atoms. The topological polar surface area (TPSA) is 165 Å². The van der Waals surface area contributed by atoms with E-state index in [4.69, 9.17) is 11.1 Å². The molecular formula is C18H26Cl3N7O2S2. The number of rotatable bonds is 8. The highest BCUT2D eigenvalue weighted by Crippen LogP contribution is 2.19. The SMILES string of the molecule is Cc1ccc(Cc2cnc(CCSCc3csc(NC(=N)N)n3)[nH]c2=O)cn1.Cl.Cl.Cl.O. The minimum absolute atomic E-state index is 0. The standard InChI is InChI=1S/C18H21N7OS2.3ClH.H2O/c1-11-2-3-12(7-21-11)6-13-8-22-15(24-16(13)26)4-5-27-9-14-10-28-18(23-14)25-17(19)20;;;;/h2-3,7-8,10H,4-6,9H2,1H3,(H,22,24,26)(H4,19,20,23,25);3*1H;1H2. The lowest BCUT2D eigenvalue weighted by Crippen LogP contribution is -2.20. The van der Waals surface area contributed by atoms with Gasteiger partial charge in [-0.1, -0.05) is 6.07 Å². The molecule has 0 saturated carbocycles. The first-order valence-corrected chi connectivity index (χ1v) is 10.6. The summed E-state index contributed by atoms with van der Waals surface area (Å²) in [5.41, 5.74) is 8.69. The third kappa shape index (κ3) is 10.2. The number of nitrogens with one attached hydrogen (secondary N) is 3. The molecule has 0 unspecified atom stereocenters. The van der Waals surface area contributed by atoms with Crippen molar-refractivity contribution >= 4 is 71.4 Å². The molecule has 3 aromatic heterocycles. The summed E-state index contributed by atoms with van der Waals surface area (Å²) >= 11 is 3.13. The van der Waals surface area contributed by atoms with Crippen LogP contribution in [0.25, 0.3) is 0 Å². The van der Waals surface area contributed by atoms with Gasteiger partial charge in [0, 0.05) is 53.4 Å². The van der Waals surface area contributed by atoms with Crippen LogP contribution in [0.2, 0.25) is 0 Å². The van der Waals surface area contributed by atoms with Crippen molar-refractivity contribution in [2.24, 2.45) is 5.73 Å². The summed E-state index contributed by atoms with van der Waals surface area (Å²) in [7, 11) is 0. The quantitative estimate of drug-likeness (QED) is 0.193. The van der Waals surface area contributed by atoms with Gasteiger partial charge in [0.05, 0.1) is 5.69 Å².